The largest absolute Gasteiger partial charge is 0.465 e. The molecule has 0 spiro atoms. The number of halogens is 1. The Bertz CT molecular complexity index is 942. The monoisotopic (exact) mass is 491 g/mol. The first-order valence-corrected chi connectivity index (χ1v) is 11.7. The van der Waals surface area contributed by atoms with Gasteiger partial charge in [0.2, 0.25) is 0 Å². The first-order chi connectivity index (χ1) is 15.7. The maximum atomic E-state index is 14.0. The van der Waals surface area contributed by atoms with E-state index in [9.17, 15) is 24.0 Å². The molecule has 2 heterocycles. The molecule has 0 aliphatic rings. The zero-order valence-corrected chi connectivity index (χ0v) is 19.7. The van der Waals surface area contributed by atoms with Gasteiger partial charge < -0.3 is 29.9 Å². The van der Waals surface area contributed by atoms with Crippen LogP contribution in [0.25, 0.3) is 5.52 Å². The van der Waals surface area contributed by atoms with Gasteiger partial charge in [-0.2, -0.15) is 5.10 Å². The van der Waals surface area contributed by atoms with Crippen molar-refractivity contribution in [1.29, 1.82) is 0 Å². The van der Waals surface area contributed by atoms with Crippen LogP contribution >= 0.6 is 8.18 Å². The third-order valence-corrected chi connectivity index (χ3v) is 6.24. The van der Waals surface area contributed by atoms with Crippen molar-refractivity contribution in [2.75, 3.05) is 32.7 Å². The number of aromatic nitrogens is 3. The molecule has 186 valence electrons. The van der Waals surface area contributed by atoms with Crippen molar-refractivity contribution in [2.24, 2.45) is 0 Å². The highest BCUT2D eigenvalue weighted by molar-refractivity contribution is 7.36. The molecule has 0 saturated carbocycles. The Labute approximate surface area is 191 Å². The number of ether oxygens (including phenoxy) is 2. The number of carbonyl (C=O) groups is 1. The molecule has 5 atom stereocenters. The number of hydrogen-bond donors (Lipinski definition) is 4. The van der Waals surface area contributed by atoms with Crippen LogP contribution in [0.5, 0.6) is 0 Å². The molecular weight excluding hydrogens is 460 g/mol. The number of aliphatic hydroxyl groups excluding tert-OH is 2. The number of rotatable bonds is 14. The molecule has 1 unspecified atom stereocenters. The number of esters is 1. The second-order valence-electron chi connectivity index (χ2n) is 7.46. The first kappa shape index (κ1) is 27.1. The van der Waals surface area contributed by atoms with Gasteiger partial charge in [-0.1, -0.05) is 13.3 Å². The van der Waals surface area contributed by atoms with Crippen LogP contribution in [-0.4, -0.2) is 75.5 Å². The average Bonchev–Trinajstić information content (AvgIpc) is 3.25. The molecule has 14 heteroatoms. The lowest BCUT2D eigenvalue weighted by Crippen LogP contribution is -2.53. The topological polar surface area (TPSA) is 171 Å². The van der Waals surface area contributed by atoms with Crippen LogP contribution in [0.4, 0.5) is 10.2 Å². The quantitative estimate of drug-likeness (QED) is 0.167. The first-order valence-electron chi connectivity index (χ1n) is 10.4. The van der Waals surface area contributed by atoms with E-state index in [0.717, 1.165) is 13.5 Å². The Hall–Kier alpha value is -2.15. The molecule has 12 nitrogen and oxygen atoms in total. The van der Waals surface area contributed by atoms with Crippen LogP contribution < -0.4 is 10.8 Å². The molecule has 2 rings (SSSR count). The van der Waals surface area contributed by atoms with Gasteiger partial charge in [0.25, 0.3) is 8.18 Å². The molecule has 0 saturated heterocycles. The van der Waals surface area contributed by atoms with Gasteiger partial charge in [0, 0.05) is 7.11 Å². The minimum Gasteiger partial charge on any atom is -0.465 e. The molecule has 0 aliphatic carbocycles. The van der Waals surface area contributed by atoms with Crippen LogP contribution in [0.1, 0.15) is 38.5 Å². The van der Waals surface area contributed by atoms with Gasteiger partial charge in [-0.05, 0) is 25.5 Å². The van der Waals surface area contributed by atoms with Gasteiger partial charge >= 0.3 is 5.97 Å². The number of unbranched alkanes of at least 4 members (excludes halogenated alkanes) is 1. The van der Waals surface area contributed by atoms with Crippen molar-refractivity contribution in [3.63, 3.8) is 0 Å². The summed E-state index contributed by atoms with van der Waals surface area (Å²) in [5.41, 5.74) is 4.20. The number of nitrogen functional groups attached to an aromatic ring is 1. The second-order valence-corrected chi connectivity index (χ2v) is 8.61. The molecule has 5 N–H and O–H groups in total. The second kappa shape index (κ2) is 12.4. The number of methoxy groups -OCH3 is 1. The Kier molecular flexibility index (Phi) is 10.1. The fraction of sp³-hybridized carbons (Fsp3) is 0.632. The third-order valence-electron chi connectivity index (χ3n) is 5.16. The van der Waals surface area contributed by atoms with Crippen LogP contribution in [0.2, 0.25) is 0 Å². The lowest BCUT2D eigenvalue weighted by atomic mass is 9.93. The molecule has 2 aromatic heterocycles. The van der Waals surface area contributed by atoms with Gasteiger partial charge in [0.1, 0.15) is 42.4 Å². The standard InChI is InChI=1S/C19H31FN5O7P/c1-4-5-8-31-18(28)12(2)24-33(29)32-10-19(9-20,30-3)16(27)15(26)13-6-7-14-17(21)22-11-23-25(13)14/h6-7,11-12,15-16,26-27,33H,4-5,8-10H2,1-3H3,(H,24,29)(H2,21,22,23)/t12-,15-,16-,19+/m0/s1. The zero-order valence-electron chi connectivity index (χ0n) is 18.7. The van der Waals surface area contributed by atoms with Crippen LogP contribution in [0.15, 0.2) is 18.5 Å². The highest BCUT2D eigenvalue weighted by atomic mass is 31.1. The lowest BCUT2D eigenvalue weighted by Gasteiger charge is -2.36. The molecule has 0 amide bonds. The summed E-state index contributed by atoms with van der Waals surface area (Å²) in [7, 11) is -1.93. The Balaban J connectivity index is 2.06. The number of nitrogens with two attached hydrogens (primary N) is 1. The van der Waals surface area contributed by atoms with E-state index in [0.29, 0.717) is 11.9 Å². The van der Waals surface area contributed by atoms with Crippen LogP contribution in [0, 0.1) is 0 Å². The Morgan fingerprint density at radius 2 is 2.15 bits per heavy atom. The number of aliphatic hydroxyl groups is 2. The number of hydrogen-bond acceptors (Lipinski definition) is 10. The number of nitrogens with zero attached hydrogens (tertiary/aromatic N) is 3. The normalized spacial score (nSPS) is 17.3. The number of fused-ring (bicyclic) bond motifs is 1. The van der Waals surface area contributed by atoms with E-state index in [1.54, 1.807) is 0 Å². The number of alkyl halides is 1. The highest BCUT2D eigenvalue weighted by Crippen LogP contribution is 2.32. The predicted octanol–water partition coefficient (Wildman–Crippen LogP) is 0.788. The van der Waals surface area contributed by atoms with Crippen molar-refractivity contribution in [3.8, 4) is 0 Å². The third kappa shape index (κ3) is 6.46. The van der Waals surface area contributed by atoms with Crippen molar-refractivity contribution in [1.82, 2.24) is 19.7 Å². The van der Waals surface area contributed by atoms with Crippen molar-refractivity contribution in [3.05, 3.63) is 24.2 Å². The minimum atomic E-state index is -3.05. The number of carbonyl (C=O) groups excluding carboxylic acids is 1. The molecule has 0 aliphatic heterocycles. The van der Waals surface area contributed by atoms with E-state index < -0.39 is 51.3 Å². The van der Waals surface area contributed by atoms with Gasteiger partial charge in [-0.15, -0.1) is 0 Å². The van der Waals surface area contributed by atoms with Crippen LogP contribution in [-0.2, 0) is 23.4 Å². The summed E-state index contributed by atoms with van der Waals surface area (Å²) in [5.74, 6) is -0.456. The van der Waals surface area contributed by atoms with E-state index in [2.05, 4.69) is 15.2 Å². The summed E-state index contributed by atoms with van der Waals surface area (Å²) < 4.78 is 42.9. The van der Waals surface area contributed by atoms with Gasteiger partial charge in [-0.3, -0.25) is 9.36 Å². The summed E-state index contributed by atoms with van der Waals surface area (Å²) in [4.78, 5) is 15.7. The molecular formula is C19H31FN5O7P. The predicted molar refractivity (Wildman–Crippen MR) is 117 cm³/mol. The zero-order chi connectivity index (χ0) is 24.6. The summed E-state index contributed by atoms with van der Waals surface area (Å²) in [6, 6.07) is 2.05. The number of anilines is 1. The van der Waals surface area contributed by atoms with Crippen molar-refractivity contribution >= 4 is 25.5 Å². The molecule has 0 aromatic carbocycles. The fourth-order valence-corrected chi connectivity index (χ4v) is 3.92. The SMILES string of the molecule is CCCCOC(=O)[C@H](C)N[PH](=O)OC[C@@](CF)(OC)[C@@H](O)[C@@H](O)c1ccc2c(N)ncnn12. The molecule has 0 bridgehead atoms. The summed E-state index contributed by atoms with van der Waals surface area (Å²) in [5, 5.41) is 27.9. The summed E-state index contributed by atoms with van der Waals surface area (Å²) in [6.07, 6.45) is -0.784. The summed E-state index contributed by atoms with van der Waals surface area (Å²) in [6.45, 7) is 1.69. The molecule has 0 fully saturated rings. The van der Waals surface area contributed by atoms with E-state index in [1.165, 1.54) is 29.9 Å². The maximum absolute atomic E-state index is 14.0. The average molecular weight is 491 g/mol. The Morgan fingerprint density at radius 3 is 2.79 bits per heavy atom. The van der Waals surface area contributed by atoms with Crippen molar-refractivity contribution < 1.29 is 38.0 Å². The Morgan fingerprint density at radius 1 is 1.42 bits per heavy atom. The van der Waals surface area contributed by atoms with E-state index >= 15 is 0 Å². The van der Waals surface area contributed by atoms with Crippen LogP contribution in [0.3, 0.4) is 0 Å². The fourth-order valence-electron chi connectivity index (χ4n) is 2.99. The maximum Gasteiger partial charge on any atom is 0.323 e. The molecule has 2 aromatic rings. The number of nitrogens with one attached hydrogen (secondary N) is 1. The summed E-state index contributed by atoms with van der Waals surface area (Å²) >= 11 is 0. The molecule has 33 heavy (non-hydrogen) atoms. The smallest absolute Gasteiger partial charge is 0.323 e. The lowest BCUT2D eigenvalue weighted by molar-refractivity contribution is -0.169. The van der Waals surface area contributed by atoms with Gasteiger partial charge in [0.05, 0.1) is 18.9 Å². The van der Waals surface area contributed by atoms with Gasteiger partial charge in [-0.25, -0.2) is 19.0 Å². The minimum absolute atomic E-state index is 0.107. The highest BCUT2D eigenvalue weighted by Gasteiger charge is 2.45. The van der Waals surface area contributed by atoms with E-state index in [4.69, 9.17) is 19.7 Å². The van der Waals surface area contributed by atoms with E-state index in [-0.39, 0.29) is 18.1 Å². The van der Waals surface area contributed by atoms with Crippen molar-refractivity contribution in [2.45, 2.75) is 50.5 Å². The van der Waals surface area contributed by atoms with Gasteiger partial charge in [0.15, 0.2) is 5.82 Å². The molecule has 0 radical (unpaired) electrons. The van der Waals surface area contributed by atoms with E-state index in [1.807, 2.05) is 6.92 Å².